The Balaban J connectivity index is 1.61. The molecule has 1 saturated carbocycles. The summed E-state index contributed by atoms with van der Waals surface area (Å²) in [7, 11) is 0. The number of para-hydroxylation sites is 1. The van der Waals surface area contributed by atoms with Crippen LogP contribution in [0.15, 0.2) is 30.3 Å². The number of benzene rings is 1. The van der Waals surface area contributed by atoms with E-state index in [1.807, 2.05) is 44.2 Å². The molecule has 0 radical (unpaired) electrons. The summed E-state index contributed by atoms with van der Waals surface area (Å²) in [5.41, 5.74) is 1.11. The lowest BCUT2D eigenvalue weighted by Gasteiger charge is -2.43. The van der Waals surface area contributed by atoms with E-state index >= 15 is 0 Å². The van der Waals surface area contributed by atoms with E-state index in [2.05, 4.69) is 12.2 Å². The summed E-state index contributed by atoms with van der Waals surface area (Å²) in [6, 6.07) is 9.85. The molecule has 1 unspecified atom stereocenters. The highest BCUT2D eigenvalue weighted by atomic mass is 16.5. The predicted octanol–water partition coefficient (Wildman–Crippen LogP) is 5.58. The molecule has 196 valence electrons. The normalized spacial score (nSPS) is 21.0. The molecule has 2 aromatic rings. The molecule has 1 aliphatic heterocycles. The van der Waals surface area contributed by atoms with Crippen molar-refractivity contribution in [1.29, 1.82) is 0 Å². The number of fused-ring (bicyclic) bond motifs is 1. The molecule has 2 aliphatic rings. The van der Waals surface area contributed by atoms with Gasteiger partial charge in [-0.3, -0.25) is 14.3 Å². The van der Waals surface area contributed by atoms with E-state index in [0.717, 1.165) is 56.3 Å². The van der Waals surface area contributed by atoms with Crippen LogP contribution in [0.25, 0.3) is 11.3 Å². The SMILES string of the molecule is CCCCOc1ccccc1-c1cc2n(n1)CC(C)(C(=O)NC1CCCCCCC1)N(CCC)C2=O. The number of amides is 2. The second-order valence-electron chi connectivity index (χ2n) is 10.5. The standard InChI is InChI=1S/C29H42N4O3/c1-4-6-19-36-26-17-13-12-16-23(26)24-20-25-27(34)32(18-5-2)29(3,21-33(25)31-24)28(35)30-22-14-10-8-7-9-11-15-22/h12-13,16-17,20,22H,4-11,14-15,18-19,21H2,1-3H3,(H,30,35). The lowest BCUT2D eigenvalue weighted by Crippen LogP contribution is -2.65. The van der Waals surface area contributed by atoms with Crippen LogP contribution in [0.2, 0.25) is 0 Å². The van der Waals surface area contributed by atoms with Crippen molar-refractivity contribution in [2.45, 2.75) is 103 Å². The zero-order valence-electron chi connectivity index (χ0n) is 22.2. The third-order valence-electron chi connectivity index (χ3n) is 7.59. The summed E-state index contributed by atoms with van der Waals surface area (Å²) in [5, 5.41) is 8.14. The minimum Gasteiger partial charge on any atom is -0.493 e. The van der Waals surface area contributed by atoms with E-state index in [1.165, 1.54) is 19.3 Å². The molecular formula is C29H42N4O3. The summed E-state index contributed by atoms with van der Waals surface area (Å²) >= 11 is 0. The predicted molar refractivity (Wildman–Crippen MR) is 142 cm³/mol. The van der Waals surface area contributed by atoms with Gasteiger partial charge >= 0.3 is 0 Å². The Labute approximate surface area is 215 Å². The van der Waals surface area contributed by atoms with Gasteiger partial charge in [0.1, 0.15) is 17.0 Å². The van der Waals surface area contributed by atoms with E-state index in [4.69, 9.17) is 9.84 Å². The Morgan fingerprint density at radius 1 is 1.11 bits per heavy atom. The summed E-state index contributed by atoms with van der Waals surface area (Å²) in [5.74, 6) is 0.562. The molecule has 2 amide bonds. The van der Waals surface area contributed by atoms with E-state index < -0.39 is 5.54 Å². The number of ether oxygens (including phenoxy) is 1. The fourth-order valence-electron chi connectivity index (χ4n) is 5.42. The van der Waals surface area contributed by atoms with Crippen molar-refractivity contribution in [1.82, 2.24) is 20.0 Å². The first kappa shape index (κ1) is 26.2. The third-order valence-corrected chi connectivity index (χ3v) is 7.59. The van der Waals surface area contributed by atoms with Crippen molar-refractivity contribution >= 4 is 11.8 Å². The van der Waals surface area contributed by atoms with E-state index in [9.17, 15) is 9.59 Å². The van der Waals surface area contributed by atoms with Gasteiger partial charge in [-0.05, 0) is 50.8 Å². The number of rotatable bonds is 9. The maximum Gasteiger partial charge on any atom is 0.273 e. The molecule has 36 heavy (non-hydrogen) atoms. The smallest absolute Gasteiger partial charge is 0.273 e. The molecular weight excluding hydrogens is 452 g/mol. The topological polar surface area (TPSA) is 76.5 Å². The fraction of sp³-hybridized carbons (Fsp3) is 0.621. The van der Waals surface area contributed by atoms with Gasteiger partial charge in [0.05, 0.1) is 18.8 Å². The lowest BCUT2D eigenvalue weighted by atomic mass is 9.92. The van der Waals surface area contributed by atoms with Gasteiger partial charge in [-0.2, -0.15) is 5.10 Å². The van der Waals surface area contributed by atoms with Crippen LogP contribution in [0, 0.1) is 0 Å². The lowest BCUT2D eigenvalue weighted by molar-refractivity contribution is -0.134. The highest BCUT2D eigenvalue weighted by Crippen LogP contribution is 2.34. The van der Waals surface area contributed by atoms with Crippen LogP contribution >= 0.6 is 0 Å². The van der Waals surface area contributed by atoms with Crippen LogP contribution < -0.4 is 10.1 Å². The maximum absolute atomic E-state index is 13.7. The quantitative estimate of drug-likeness (QED) is 0.462. The second kappa shape index (κ2) is 11.9. The minimum atomic E-state index is -0.983. The highest BCUT2D eigenvalue weighted by molar-refractivity contribution is 6.00. The molecule has 1 aliphatic carbocycles. The molecule has 4 rings (SSSR count). The van der Waals surface area contributed by atoms with Gasteiger partial charge in [0.15, 0.2) is 0 Å². The van der Waals surface area contributed by atoms with Crippen molar-refractivity contribution in [2.75, 3.05) is 13.2 Å². The first-order valence-corrected chi connectivity index (χ1v) is 13.9. The molecule has 1 atom stereocenters. The molecule has 7 heteroatoms. The number of hydrogen-bond acceptors (Lipinski definition) is 4. The Morgan fingerprint density at radius 3 is 2.56 bits per heavy atom. The van der Waals surface area contributed by atoms with Gasteiger partial charge in [-0.25, -0.2) is 0 Å². The Morgan fingerprint density at radius 2 is 1.83 bits per heavy atom. The van der Waals surface area contributed by atoms with Crippen LogP contribution in [0.5, 0.6) is 5.75 Å². The number of carbonyl (C=O) groups excluding carboxylic acids is 2. The van der Waals surface area contributed by atoms with Crippen molar-refractivity contribution < 1.29 is 14.3 Å². The van der Waals surface area contributed by atoms with Gasteiger partial charge in [-0.1, -0.05) is 64.5 Å². The number of nitrogens with zero attached hydrogens (tertiary/aromatic N) is 3. The van der Waals surface area contributed by atoms with Crippen molar-refractivity contribution in [3.63, 3.8) is 0 Å². The van der Waals surface area contributed by atoms with Crippen LogP contribution in [0.1, 0.15) is 95.5 Å². The minimum absolute atomic E-state index is 0.0686. The molecule has 7 nitrogen and oxygen atoms in total. The average Bonchev–Trinajstić information content (AvgIpc) is 3.27. The zero-order chi connectivity index (χ0) is 25.5. The van der Waals surface area contributed by atoms with E-state index in [1.54, 1.807) is 9.58 Å². The first-order chi connectivity index (χ1) is 17.5. The third kappa shape index (κ3) is 5.60. The highest BCUT2D eigenvalue weighted by Gasteiger charge is 2.48. The second-order valence-corrected chi connectivity index (χ2v) is 10.5. The number of carbonyl (C=O) groups is 2. The number of unbranched alkanes of at least 4 members (excludes halogenated alkanes) is 1. The van der Waals surface area contributed by atoms with Crippen molar-refractivity contribution in [3.05, 3.63) is 36.0 Å². The molecule has 0 bridgehead atoms. The zero-order valence-corrected chi connectivity index (χ0v) is 22.2. The molecule has 1 aromatic heterocycles. The first-order valence-electron chi connectivity index (χ1n) is 13.9. The molecule has 1 N–H and O–H groups in total. The summed E-state index contributed by atoms with van der Waals surface area (Å²) < 4.78 is 7.75. The fourth-order valence-corrected chi connectivity index (χ4v) is 5.42. The summed E-state index contributed by atoms with van der Waals surface area (Å²) in [6.45, 7) is 7.59. The largest absolute Gasteiger partial charge is 0.493 e. The van der Waals surface area contributed by atoms with Crippen LogP contribution in [0.4, 0.5) is 0 Å². The Kier molecular flexibility index (Phi) is 8.70. The van der Waals surface area contributed by atoms with Gasteiger partial charge in [-0.15, -0.1) is 0 Å². The van der Waals surface area contributed by atoms with Crippen LogP contribution in [-0.4, -0.2) is 51.2 Å². The number of nitrogens with one attached hydrogen (secondary N) is 1. The average molecular weight is 495 g/mol. The van der Waals surface area contributed by atoms with Crippen molar-refractivity contribution in [3.8, 4) is 17.0 Å². The monoisotopic (exact) mass is 494 g/mol. The number of hydrogen-bond donors (Lipinski definition) is 1. The maximum atomic E-state index is 13.7. The summed E-state index contributed by atoms with van der Waals surface area (Å²) in [4.78, 5) is 29.2. The van der Waals surface area contributed by atoms with Gasteiger partial charge in [0.2, 0.25) is 5.91 Å². The van der Waals surface area contributed by atoms with E-state index in [-0.39, 0.29) is 17.9 Å². The van der Waals surface area contributed by atoms with E-state index in [0.29, 0.717) is 31.1 Å². The summed E-state index contributed by atoms with van der Waals surface area (Å²) in [6.07, 6.45) is 10.9. The molecule has 0 spiro atoms. The molecule has 2 heterocycles. The van der Waals surface area contributed by atoms with Gasteiger partial charge < -0.3 is 15.0 Å². The van der Waals surface area contributed by atoms with Gasteiger partial charge in [0.25, 0.3) is 5.91 Å². The van der Waals surface area contributed by atoms with Gasteiger partial charge in [0, 0.05) is 18.2 Å². The Bertz CT molecular complexity index is 1040. The van der Waals surface area contributed by atoms with Crippen molar-refractivity contribution in [2.24, 2.45) is 0 Å². The van der Waals surface area contributed by atoms with Crippen LogP contribution in [-0.2, 0) is 11.3 Å². The van der Waals surface area contributed by atoms with Crippen LogP contribution in [0.3, 0.4) is 0 Å². The molecule has 1 fully saturated rings. The Hall–Kier alpha value is -2.83. The molecule has 1 aromatic carbocycles. The molecule has 0 saturated heterocycles. The number of aromatic nitrogens is 2.